The number of carbonyl (C=O) groups excluding carboxylic acids is 1. The summed E-state index contributed by atoms with van der Waals surface area (Å²) in [5.74, 6) is -0.267. The topological polar surface area (TPSA) is 94.4 Å². The van der Waals surface area contributed by atoms with Crippen molar-refractivity contribution in [3.63, 3.8) is 0 Å². The van der Waals surface area contributed by atoms with E-state index in [0.717, 1.165) is 0 Å². The van der Waals surface area contributed by atoms with Gasteiger partial charge in [-0.2, -0.15) is 5.26 Å². The second-order valence-electron chi connectivity index (χ2n) is 2.67. The zero-order valence-electron chi connectivity index (χ0n) is 8.12. The van der Waals surface area contributed by atoms with Crippen molar-refractivity contribution in [3.05, 3.63) is 0 Å². The monoisotopic (exact) mass is 201 g/mol. The van der Waals surface area contributed by atoms with Crippen LogP contribution in [0, 0.1) is 11.3 Å². The van der Waals surface area contributed by atoms with Crippen LogP contribution in [0.15, 0.2) is 0 Å². The smallest absolute Gasteiger partial charge is 0.234 e. The van der Waals surface area contributed by atoms with Crippen LogP contribution in [0.4, 0.5) is 0 Å². The van der Waals surface area contributed by atoms with Gasteiger partial charge in [0.05, 0.1) is 25.3 Å². The second kappa shape index (κ2) is 8.44. The summed E-state index contributed by atoms with van der Waals surface area (Å²) in [4.78, 5) is 10.9. The maximum absolute atomic E-state index is 10.9. The van der Waals surface area contributed by atoms with E-state index in [4.69, 9.17) is 15.1 Å². The number of rotatable bonds is 7. The molecule has 6 nitrogen and oxygen atoms in total. The van der Waals surface area contributed by atoms with E-state index in [2.05, 4.69) is 10.6 Å². The molecular formula is C8H15N3O3. The Labute approximate surface area is 82.9 Å². The fourth-order valence-corrected chi connectivity index (χ4v) is 0.804. The van der Waals surface area contributed by atoms with Crippen molar-refractivity contribution in [2.75, 3.05) is 33.4 Å². The normalized spacial score (nSPS) is 11.8. The number of ether oxygens (including phenoxy) is 1. The van der Waals surface area contributed by atoms with Gasteiger partial charge >= 0.3 is 0 Å². The third-order valence-electron chi connectivity index (χ3n) is 1.39. The van der Waals surface area contributed by atoms with Gasteiger partial charge in [0, 0.05) is 13.7 Å². The van der Waals surface area contributed by atoms with Crippen LogP contribution >= 0.6 is 0 Å². The Hall–Kier alpha value is -1.16. The summed E-state index contributed by atoms with van der Waals surface area (Å²) < 4.78 is 4.69. The number of carbonyl (C=O) groups is 1. The summed E-state index contributed by atoms with van der Waals surface area (Å²) >= 11 is 0. The zero-order valence-corrected chi connectivity index (χ0v) is 8.12. The summed E-state index contributed by atoms with van der Waals surface area (Å²) in [6.07, 6.45) is -0.622. The molecule has 3 N–H and O–H groups in total. The Morgan fingerprint density at radius 3 is 3.00 bits per heavy atom. The Balaban J connectivity index is 3.35. The summed E-state index contributed by atoms with van der Waals surface area (Å²) in [6.45, 7) is 0.601. The van der Waals surface area contributed by atoms with Crippen molar-refractivity contribution in [2.24, 2.45) is 0 Å². The first kappa shape index (κ1) is 12.8. The minimum Gasteiger partial charge on any atom is -0.389 e. The molecule has 6 heteroatoms. The lowest BCUT2D eigenvalue weighted by molar-refractivity contribution is -0.120. The SMILES string of the molecule is COCC(O)CNCC(=O)NCC#N. The van der Waals surface area contributed by atoms with E-state index in [1.165, 1.54) is 7.11 Å². The average molecular weight is 201 g/mol. The first-order valence-corrected chi connectivity index (χ1v) is 4.22. The van der Waals surface area contributed by atoms with Crippen molar-refractivity contribution < 1.29 is 14.6 Å². The molecule has 0 aliphatic heterocycles. The molecule has 0 fully saturated rings. The van der Waals surface area contributed by atoms with Gasteiger partial charge in [0.2, 0.25) is 5.91 Å². The molecule has 0 radical (unpaired) electrons. The fourth-order valence-electron chi connectivity index (χ4n) is 0.804. The van der Waals surface area contributed by atoms with Crippen molar-refractivity contribution in [3.8, 4) is 6.07 Å². The van der Waals surface area contributed by atoms with E-state index in [9.17, 15) is 4.79 Å². The van der Waals surface area contributed by atoms with Gasteiger partial charge in [0.25, 0.3) is 0 Å². The van der Waals surface area contributed by atoms with Gasteiger partial charge in [-0.15, -0.1) is 0 Å². The number of nitrogens with zero attached hydrogens (tertiary/aromatic N) is 1. The number of amides is 1. The first-order chi connectivity index (χ1) is 6.70. The van der Waals surface area contributed by atoms with Gasteiger partial charge in [0.1, 0.15) is 6.54 Å². The molecule has 0 saturated heterocycles. The molecule has 0 rings (SSSR count). The molecule has 0 saturated carbocycles. The number of aliphatic hydroxyl groups excluding tert-OH is 1. The van der Waals surface area contributed by atoms with Crippen LogP contribution in [0.5, 0.6) is 0 Å². The molecule has 0 aromatic rings. The van der Waals surface area contributed by atoms with E-state index in [1.54, 1.807) is 6.07 Å². The highest BCUT2D eigenvalue weighted by Crippen LogP contribution is 1.80. The standard InChI is InChI=1S/C8H15N3O3/c1-14-6-7(12)4-10-5-8(13)11-3-2-9/h7,10,12H,3-6H2,1H3,(H,11,13). The Morgan fingerprint density at radius 2 is 2.43 bits per heavy atom. The van der Waals surface area contributed by atoms with Crippen LogP contribution in [0.3, 0.4) is 0 Å². The second-order valence-corrected chi connectivity index (χ2v) is 2.67. The van der Waals surface area contributed by atoms with Crippen LogP contribution in [-0.2, 0) is 9.53 Å². The number of hydrogen-bond acceptors (Lipinski definition) is 5. The summed E-state index contributed by atoms with van der Waals surface area (Å²) in [6, 6.07) is 1.79. The number of hydrogen-bond donors (Lipinski definition) is 3. The minimum atomic E-state index is -0.622. The van der Waals surface area contributed by atoms with Gasteiger partial charge in [-0.3, -0.25) is 4.79 Å². The molecule has 1 atom stereocenters. The molecule has 0 aromatic heterocycles. The van der Waals surface area contributed by atoms with E-state index < -0.39 is 6.10 Å². The number of nitrogens with one attached hydrogen (secondary N) is 2. The van der Waals surface area contributed by atoms with Crippen LogP contribution in [0.2, 0.25) is 0 Å². The molecule has 0 spiro atoms. The molecule has 80 valence electrons. The first-order valence-electron chi connectivity index (χ1n) is 4.22. The average Bonchev–Trinajstić information content (AvgIpc) is 2.15. The summed E-state index contributed by atoms with van der Waals surface area (Å²) in [7, 11) is 1.49. The largest absolute Gasteiger partial charge is 0.389 e. The lowest BCUT2D eigenvalue weighted by Crippen LogP contribution is -2.38. The van der Waals surface area contributed by atoms with Crippen LogP contribution in [0.1, 0.15) is 0 Å². The molecule has 1 amide bonds. The van der Waals surface area contributed by atoms with E-state index in [0.29, 0.717) is 0 Å². The quantitative estimate of drug-likeness (QED) is 0.423. The summed E-state index contributed by atoms with van der Waals surface area (Å²) in [5.41, 5.74) is 0. The molecular weight excluding hydrogens is 186 g/mol. The molecule has 0 aliphatic carbocycles. The van der Waals surface area contributed by atoms with Crippen molar-refractivity contribution >= 4 is 5.91 Å². The maximum Gasteiger partial charge on any atom is 0.234 e. The van der Waals surface area contributed by atoms with Gasteiger partial charge in [-0.1, -0.05) is 0 Å². The maximum atomic E-state index is 10.9. The number of methoxy groups -OCH3 is 1. The van der Waals surface area contributed by atoms with Gasteiger partial charge in [-0.25, -0.2) is 0 Å². The highest BCUT2D eigenvalue weighted by Gasteiger charge is 2.04. The predicted octanol–water partition coefficient (Wildman–Crippen LogP) is -1.78. The van der Waals surface area contributed by atoms with E-state index in [1.807, 2.05) is 0 Å². The molecule has 0 aliphatic rings. The highest BCUT2D eigenvalue weighted by atomic mass is 16.5. The molecule has 0 heterocycles. The lowest BCUT2D eigenvalue weighted by atomic mass is 10.4. The zero-order chi connectivity index (χ0) is 10.8. The highest BCUT2D eigenvalue weighted by molar-refractivity contribution is 5.78. The lowest BCUT2D eigenvalue weighted by Gasteiger charge is -2.09. The fraction of sp³-hybridized carbons (Fsp3) is 0.750. The third-order valence-corrected chi connectivity index (χ3v) is 1.39. The third kappa shape index (κ3) is 7.49. The van der Waals surface area contributed by atoms with Gasteiger partial charge in [-0.05, 0) is 0 Å². The van der Waals surface area contributed by atoms with Crippen LogP contribution in [0.25, 0.3) is 0 Å². The summed E-state index contributed by atoms with van der Waals surface area (Å²) in [5, 5.41) is 22.4. The van der Waals surface area contributed by atoms with Crippen LogP contribution < -0.4 is 10.6 Å². The van der Waals surface area contributed by atoms with Crippen molar-refractivity contribution in [1.29, 1.82) is 5.26 Å². The van der Waals surface area contributed by atoms with E-state index in [-0.39, 0.29) is 32.1 Å². The Kier molecular flexibility index (Phi) is 7.74. The van der Waals surface area contributed by atoms with Gasteiger partial charge < -0.3 is 20.5 Å². The number of aliphatic hydroxyl groups is 1. The molecule has 14 heavy (non-hydrogen) atoms. The molecule has 1 unspecified atom stereocenters. The van der Waals surface area contributed by atoms with Crippen molar-refractivity contribution in [2.45, 2.75) is 6.10 Å². The van der Waals surface area contributed by atoms with Crippen LogP contribution in [-0.4, -0.2) is 50.5 Å². The Morgan fingerprint density at radius 1 is 1.71 bits per heavy atom. The predicted molar refractivity (Wildman–Crippen MR) is 49.4 cm³/mol. The molecule has 0 aromatic carbocycles. The van der Waals surface area contributed by atoms with Gasteiger partial charge in [0.15, 0.2) is 0 Å². The molecule has 0 bridgehead atoms. The number of nitriles is 1. The Bertz CT molecular complexity index is 202. The minimum absolute atomic E-state index is 0.00113. The van der Waals surface area contributed by atoms with Crippen molar-refractivity contribution in [1.82, 2.24) is 10.6 Å². The van der Waals surface area contributed by atoms with E-state index >= 15 is 0 Å².